The molecule has 0 aliphatic rings. The number of ether oxygens (including phenoxy) is 1. The smallest absolute Gasteiger partial charge is 0.439 e. The summed E-state index contributed by atoms with van der Waals surface area (Å²) in [5.74, 6) is -0.977. The summed E-state index contributed by atoms with van der Waals surface area (Å²) < 4.78 is 12.6. The summed E-state index contributed by atoms with van der Waals surface area (Å²) in [5.41, 5.74) is 2.83. The van der Waals surface area contributed by atoms with E-state index in [9.17, 15) is 19.2 Å². The highest BCUT2D eigenvalue weighted by Gasteiger charge is 2.19. The first-order chi connectivity index (χ1) is 23.2. The largest absolute Gasteiger partial charge is 0.497 e. The topological polar surface area (TPSA) is 171 Å². The molecule has 48 heavy (non-hydrogen) atoms. The number of aliphatic carboxylic acids is 1. The highest BCUT2D eigenvalue weighted by Crippen LogP contribution is 2.30. The van der Waals surface area contributed by atoms with Gasteiger partial charge in [0.2, 0.25) is 6.61 Å². The molecule has 0 unspecified atom stereocenters. The first-order valence-corrected chi connectivity index (χ1v) is 15.6. The van der Waals surface area contributed by atoms with Crippen molar-refractivity contribution >= 4 is 33.2 Å². The number of benzene rings is 3. The van der Waals surface area contributed by atoms with Crippen molar-refractivity contribution in [1.29, 1.82) is 0 Å². The Kier molecular flexibility index (Phi) is 9.16. The van der Waals surface area contributed by atoms with Crippen LogP contribution in [0.2, 0.25) is 0 Å². The minimum Gasteiger partial charge on any atom is -0.497 e. The monoisotopic (exact) mass is 667 g/mol. The quantitative estimate of drug-likeness (QED) is 0.142. The molecule has 0 fully saturated rings. The molecule has 3 aromatic heterocycles. The zero-order valence-corrected chi connectivity index (χ0v) is 26.7. The minimum absolute atomic E-state index is 0.169. The van der Waals surface area contributed by atoms with Crippen LogP contribution in [-0.2, 0) is 29.1 Å². The van der Waals surface area contributed by atoms with Crippen LogP contribution in [0.4, 0.5) is 0 Å². The van der Waals surface area contributed by atoms with Gasteiger partial charge in [0.15, 0.2) is 5.82 Å². The van der Waals surface area contributed by atoms with Crippen LogP contribution in [0.1, 0.15) is 22.9 Å². The molecular weight excluding hydrogens is 638 g/mol. The van der Waals surface area contributed by atoms with Gasteiger partial charge < -0.3 is 14.7 Å². The summed E-state index contributed by atoms with van der Waals surface area (Å²) in [6.45, 7) is 1.18. The highest BCUT2D eigenvalue weighted by atomic mass is 32.1. The number of thiophene rings is 1. The van der Waals surface area contributed by atoms with Gasteiger partial charge in [-0.25, -0.2) is 14.4 Å². The molecule has 6 rings (SSSR count). The molecule has 3 heterocycles. The molecule has 6 aromatic rings. The van der Waals surface area contributed by atoms with Crippen LogP contribution in [-0.4, -0.2) is 49.8 Å². The van der Waals surface area contributed by atoms with Crippen molar-refractivity contribution in [2.45, 2.75) is 26.4 Å². The summed E-state index contributed by atoms with van der Waals surface area (Å²) in [7, 11) is 1.52. The Labute approximate surface area is 275 Å². The first-order valence-electron chi connectivity index (χ1n) is 14.8. The fourth-order valence-corrected chi connectivity index (χ4v) is 6.31. The summed E-state index contributed by atoms with van der Waals surface area (Å²) in [6.07, 6.45) is 0.680. The molecule has 0 saturated carbocycles. The van der Waals surface area contributed by atoms with E-state index in [2.05, 4.69) is 15.3 Å². The fourth-order valence-electron chi connectivity index (χ4n) is 5.23. The number of rotatable bonds is 12. The van der Waals surface area contributed by atoms with Crippen LogP contribution in [0.15, 0.2) is 103 Å². The highest BCUT2D eigenvalue weighted by molar-refractivity contribution is 7.18. The number of carboxylic acids is 1. The molecule has 0 aliphatic heterocycles. The predicted octanol–water partition coefficient (Wildman–Crippen LogP) is 4.36. The Morgan fingerprint density at radius 3 is 2.38 bits per heavy atom. The van der Waals surface area contributed by atoms with Crippen LogP contribution in [0.3, 0.4) is 0 Å². The van der Waals surface area contributed by atoms with Gasteiger partial charge in [0.1, 0.15) is 16.3 Å². The third kappa shape index (κ3) is 6.59. The van der Waals surface area contributed by atoms with Gasteiger partial charge >= 0.3 is 17.4 Å². The summed E-state index contributed by atoms with van der Waals surface area (Å²) in [4.78, 5) is 59.7. The number of fused-ring (bicyclic) bond motifs is 1. The number of aromatic nitrogens is 4. The number of nitrogens with one attached hydrogen (secondary N) is 1. The summed E-state index contributed by atoms with van der Waals surface area (Å²) in [5, 5.41) is 17.3. The molecule has 14 heteroatoms. The van der Waals surface area contributed by atoms with Crippen molar-refractivity contribution in [2.24, 2.45) is 5.16 Å². The maximum absolute atomic E-state index is 14.1. The predicted molar refractivity (Wildman–Crippen MR) is 180 cm³/mol. The number of aryl methyl sites for hydroxylation is 1. The number of carboxylic acid groups (broad SMARTS) is 1. The standard InChI is InChI=1S/C34H29N5O8S/c1-3-24-16-27-31(42)38(18-28(36-46-19-29(40)41)22-12-14-23(45-2)15-13-22)34(44)39(32(27)48-24)17-20-8-10-21(11-9-20)25-6-4-5-7-26(25)30-35-33(43)47-37-30/h4-16H,3,17-19H2,1-2H3,(H,40,41)(H,35,37,43)/b36-28-. The number of aromatic amines is 1. The second-order valence-corrected chi connectivity index (χ2v) is 11.8. The zero-order chi connectivity index (χ0) is 33.8. The summed E-state index contributed by atoms with van der Waals surface area (Å²) >= 11 is 1.39. The van der Waals surface area contributed by atoms with Crippen molar-refractivity contribution in [3.63, 3.8) is 0 Å². The Balaban J connectivity index is 1.39. The Morgan fingerprint density at radius 2 is 1.73 bits per heavy atom. The number of hydrogen-bond donors (Lipinski definition) is 2. The Morgan fingerprint density at radius 1 is 1.00 bits per heavy atom. The second-order valence-electron chi connectivity index (χ2n) is 10.7. The molecular formula is C34H29N5O8S. The van der Waals surface area contributed by atoms with Gasteiger partial charge in [0.25, 0.3) is 5.56 Å². The molecule has 0 radical (unpaired) electrons. The van der Waals surface area contributed by atoms with Gasteiger partial charge in [0, 0.05) is 16.0 Å². The van der Waals surface area contributed by atoms with E-state index in [4.69, 9.17) is 19.2 Å². The lowest BCUT2D eigenvalue weighted by Gasteiger charge is -2.14. The molecule has 0 saturated heterocycles. The molecule has 13 nitrogen and oxygen atoms in total. The molecule has 3 aromatic carbocycles. The van der Waals surface area contributed by atoms with Crippen LogP contribution in [0.25, 0.3) is 32.7 Å². The SMILES string of the molecule is CCc1cc2c(=O)n(C/C(=N/OCC(=O)O)c3ccc(OC)cc3)c(=O)n(Cc3ccc(-c4ccccc4-c4noc(=O)[nH]4)cc3)c2s1. The van der Waals surface area contributed by atoms with Crippen molar-refractivity contribution < 1.29 is 24.0 Å². The maximum Gasteiger partial charge on any atom is 0.439 e. The van der Waals surface area contributed by atoms with Crippen LogP contribution < -0.4 is 21.7 Å². The number of oxime groups is 1. The zero-order valence-electron chi connectivity index (χ0n) is 25.8. The summed E-state index contributed by atoms with van der Waals surface area (Å²) in [6, 6.07) is 23.6. The van der Waals surface area contributed by atoms with Gasteiger partial charge in [-0.3, -0.25) is 23.4 Å². The van der Waals surface area contributed by atoms with E-state index < -0.39 is 29.6 Å². The van der Waals surface area contributed by atoms with Crippen molar-refractivity contribution in [2.75, 3.05) is 13.7 Å². The lowest BCUT2D eigenvalue weighted by atomic mass is 9.98. The van der Waals surface area contributed by atoms with Crippen LogP contribution in [0.5, 0.6) is 5.75 Å². The molecule has 0 bridgehead atoms. The molecule has 2 N–H and O–H groups in total. The molecule has 0 amide bonds. The van der Waals surface area contributed by atoms with Gasteiger partial charge in [-0.2, -0.15) is 0 Å². The molecule has 0 spiro atoms. The Hall–Kier alpha value is -6.02. The van der Waals surface area contributed by atoms with Gasteiger partial charge in [-0.15, -0.1) is 11.3 Å². The lowest BCUT2D eigenvalue weighted by molar-refractivity contribution is -0.142. The number of H-pyrrole nitrogens is 1. The van der Waals surface area contributed by atoms with Crippen LogP contribution in [0, 0.1) is 0 Å². The van der Waals surface area contributed by atoms with Gasteiger partial charge in [-0.05, 0) is 53.4 Å². The second kappa shape index (κ2) is 13.8. The van der Waals surface area contributed by atoms with Crippen LogP contribution >= 0.6 is 11.3 Å². The van der Waals surface area contributed by atoms with E-state index in [-0.39, 0.29) is 18.8 Å². The lowest BCUT2D eigenvalue weighted by Crippen LogP contribution is -2.41. The average Bonchev–Trinajstić information content (AvgIpc) is 3.74. The van der Waals surface area contributed by atoms with Crippen molar-refractivity contribution in [3.8, 4) is 28.3 Å². The third-order valence-corrected chi connectivity index (χ3v) is 8.92. The number of hydrogen-bond acceptors (Lipinski definition) is 10. The number of methoxy groups -OCH3 is 1. The van der Waals surface area contributed by atoms with E-state index >= 15 is 0 Å². The Bertz CT molecular complexity index is 2310. The number of nitrogens with zero attached hydrogens (tertiary/aromatic N) is 4. The fraction of sp³-hybridized carbons (Fsp3) is 0.176. The van der Waals surface area contributed by atoms with Crippen molar-refractivity contribution in [3.05, 3.63) is 126 Å². The normalized spacial score (nSPS) is 11.6. The maximum atomic E-state index is 14.1. The third-order valence-electron chi connectivity index (χ3n) is 7.62. The van der Waals surface area contributed by atoms with Gasteiger partial charge in [-0.1, -0.05) is 65.8 Å². The van der Waals surface area contributed by atoms with E-state index in [0.717, 1.165) is 26.1 Å². The molecule has 0 atom stereocenters. The average molecular weight is 668 g/mol. The van der Waals surface area contributed by atoms with E-state index in [1.807, 2.05) is 55.5 Å². The first kappa shape index (κ1) is 31.9. The van der Waals surface area contributed by atoms with E-state index in [0.29, 0.717) is 39.3 Å². The van der Waals surface area contributed by atoms with Crippen molar-refractivity contribution in [1.82, 2.24) is 19.3 Å². The molecule has 244 valence electrons. The van der Waals surface area contributed by atoms with E-state index in [1.165, 1.54) is 18.4 Å². The van der Waals surface area contributed by atoms with Gasteiger partial charge in [0.05, 0.1) is 25.6 Å². The minimum atomic E-state index is -1.22. The van der Waals surface area contributed by atoms with E-state index in [1.54, 1.807) is 34.9 Å². The number of carbonyl (C=O) groups is 1. The molecule has 0 aliphatic carbocycles.